The molecule has 1 unspecified atom stereocenters. The predicted octanol–water partition coefficient (Wildman–Crippen LogP) is 4.19. The van der Waals surface area contributed by atoms with Crippen molar-refractivity contribution in [3.63, 3.8) is 0 Å². The van der Waals surface area contributed by atoms with Gasteiger partial charge in [0, 0.05) is 17.6 Å². The molecule has 29 heavy (non-hydrogen) atoms. The van der Waals surface area contributed by atoms with Crippen LogP contribution in [0.3, 0.4) is 0 Å². The largest absolute Gasteiger partial charge is 0.497 e. The number of halogens is 1. The average molecular weight is 461 g/mol. The van der Waals surface area contributed by atoms with Gasteiger partial charge in [0.1, 0.15) is 11.8 Å². The molecule has 0 aliphatic heterocycles. The summed E-state index contributed by atoms with van der Waals surface area (Å²) in [6.45, 7) is 6.82. The SMILES string of the molecule is COc1ccc(CC(=O)N(Cc2ccc(Br)cc2)C(C)C(=O)NCC(C)C)cc1. The summed E-state index contributed by atoms with van der Waals surface area (Å²) >= 11 is 3.43. The van der Waals surface area contributed by atoms with E-state index in [1.54, 1.807) is 18.9 Å². The lowest BCUT2D eigenvalue weighted by Crippen LogP contribution is -2.48. The second kappa shape index (κ2) is 11.0. The summed E-state index contributed by atoms with van der Waals surface area (Å²) in [5.41, 5.74) is 1.85. The molecule has 2 aromatic rings. The average Bonchev–Trinajstić information content (AvgIpc) is 2.71. The van der Waals surface area contributed by atoms with Crippen molar-refractivity contribution in [1.82, 2.24) is 10.2 Å². The van der Waals surface area contributed by atoms with E-state index in [0.717, 1.165) is 21.3 Å². The number of ether oxygens (including phenoxy) is 1. The third kappa shape index (κ3) is 7.20. The van der Waals surface area contributed by atoms with Crippen LogP contribution < -0.4 is 10.1 Å². The molecular formula is C23H29BrN2O3. The van der Waals surface area contributed by atoms with E-state index in [2.05, 4.69) is 21.2 Å². The summed E-state index contributed by atoms with van der Waals surface area (Å²) in [6, 6.07) is 14.6. The zero-order valence-corrected chi connectivity index (χ0v) is 19.0. The van der Waals surface area contributed by atoms with Crippen LogP contribution in [0.15, 0.2) is 53.0 Å². The van der Waals surface area contributed by atoms with E-state index in [1.165, 1.54) is 0 Å². The second-order valence-corrected chi connectivity index (χ2v) is 8.40. The maximum Gasteiger partial charge on any atom is 0.242 e. The van der Waals surface area contributed by atoms with Crippen molar-refractivity contribution in [2.24, 2.45) is 5.92 Å². The summed E-state index contributed by atoms with van der Waals surface area (Å²) in [4.78, 5) is 27.4. The van der Waals surface area contributed by atoms with Crippen molar-refractivity contribution in [3.05, 3.63) is 64.1 Å². The van der Waals surface area contributed by atoms with Crippen molar-refractivity contribution < 1.29 is 14.3 Å². The Kier molecular flexibility index (Phi) is 8.70. The number of carbonyl (C=O) groups excluding carboxylic acids is 2. The Bertz CT molecular complexity index is 804. The van der Waals surface area contributed by atoms with Crippen molar-refractivity contribution in [3.8, 4) is 5.75 Å². The molecule has 156 valence electrons. The highest BCUT2D eigenvalue weighted by Gasteiger charge is 2.26. The van der Waals surface area contributed by atoms with Gasteiger partial charge in [-0.15, -0.1) is 0 Å². The molecule has 0 spiro atoms. The quantitative estimate of drug-likeness (QED) is 0.610. The van der Waals surface area contributed by atoms with E-state index in [1.807, 2.05) is 62.4 Å². The maximum absolute atomic E-state index is 13.1. The summed E-state index contributed by atoms with van der Waals surface area (Å²) in [6.07, 6.45) is 0.225. The highest BCUT2D eigenvalue weighted by Crippen LogP contribution is 2.17. The summed E-state index contributed by atoms with van der Waals surface area (Å²) in [5, 5.41) is 2.93. The fraction of sp³-hybridized carbons (Fsp3) is 0.391. The fourth-order valence-corrected chi connectivity index (χ4v) is 3.11. The van der Waals surface area contributed by atoms with Gasteiger partial charge in [-0.3, -0.25) is 9.59 Å². The third-order valence-electron chi connectivity index (χ3n) is 4.63. The van der Waals surface area contributed by atoms with Gasteiger partial charge in [0.15, 0.2) is 0 Å². The molecule has 0 radical (unpaired) electrons. The number of amides is 2. The first-order chi connectivity index (χ1) is 13.8. The second-order valence-electron chi connectivity index (χ2n) is 7.49. The van der Waals surface area contributed by atoms with E-state index in [-0.39, 0.29) is 18.2 Å². The molecule has 1 N–H and O–H groups in total. The smallest absolute Gasteiger partial charge is 0.242 e. The normalized spacial score (nSPS) is 11.8. The van der Waals surface area contributed by atoms with E-state index < -0.39 is 6.04 Å². The lowest BCUT2D eigenvalue weighted by molar-refractivity contribution is -0.140. The molecule has 2 rings (SSSR count). The lowest BCUT2D eigenvalue weighted by Gasteiger charge is -2.29. The van der Waals surface area contributed by atoms with Crippen molar-refractivity contribution in [2.75, 3.05) is 13.7 Å². The summed E-state index contributed by atoms with van der Waals surface area (Å²) in [7, 11) is 1.61. The molecule has 0 saturated heterocycles. The third-order valence-corrected chi connectivity index (χ3v) is 5.16. The fourth-order valence-electron chi connectivity index (χ4n) is 2.84. The topological polar surface area (TPSA) is 58.6 Å². The number of hydrogen-bond donors (Lipinski definition) is 1. The Hall–Kier alpha value is -2.34. The minimum atomic E-state index is -0.567. The Balaban J connectivity index is 2.18. The van der Waals surface area contributed by atoms with Crippen LogP contribution in [0.1, 0.15) is 31.9 Å². The van der Waals surface area contributed by atoms with Crippen LogP contribution >= 0.6 is 15.9 Å². The molecule has 0 aliphatic carbocycles. The van der Waals surface area contributed by atoms with Crippen molar-refractivity contribution in [1.29, 1.82) is 0 Å². The van der Waals surface area contributed by atoms with Gasteiger partial charge in [0.25, 0.3) is 0 Å². The minimum Gasteiger partial charge on any atom is -0.497 e. The number of nitrogens with zero attached hydrogens (tertiary/aromatic N) is 1. The zero-order chi connectivity index (χ0) is 21.4. The van der Waals surface area contributed by atoms with Crippen LogP contribution in [-0.4, -0.2) is 36.4 Å². The van der Waals surface area contributed by atoms with Gasteiger partial charge in [0.2, 0.25) is 11.8 Å². The first-order valence-corrected chi connectivity index (χ1v) is 10.5. The monoisotopic (exact) mass is 460 g/mol. The number of rotatable bonds is 9. The molecule has 0 aromatic heterocycles. The zero-order valence-electron chi connectivity index (χ0n) is 17.4. The van der Waals surface area contributed by atoms with Crippen LogP contribution in [0.4, 0.5) is 0 Å². The van der Waals surface area contributed by atoms with E-state index in [0.29, 0.717) is 19.0 Å². The van der Waals surface area contributed by atoms with E-state index in [4.69, 9.17) is 4.74 Å². The van der Waals surface area contributed by atoms with Gasteiger partial charge in [-0.05, 0) is 48.2 Å². The molecule has 2 amide bonds. The molecule has 0 bridgehead atoms. The molecule has 5 nitrogen and oxygen atoms in total. The van der Waals surface area contributed by atoms with Gasteiger partial charge in [-0.25, -0.2) is 0 Å². The molecule has 2 aromatic carbocycles. The lowest BCUT2D eigenvalue weighted by atomic mass is 10.1. The Morgan fingerprint density at radius 2 is 1.59 bits per heavy atom. The van der Waals surface area contributed by atoms with Gasteiger partial charge >= 0.3 is 0 Å². The molecule has 0 saturated carbocycles. The van der Waals surface area contributed by atoms with E-state index in [9.17, 15) is 9.59 Å². The first-order valence-electron chi connectivity index (χ1n) is 9.74. The molecule has 0 heterocycles. The number of carbonyl (C=O) groups is 2. The molecular weight excluding hydrogens is 432 g/mol. The molecule has 6 heteroatoms. The number of nitrogens with one attached hydrogen (secondary N) is 1. The van der Waals surface area contributed by atoms with Crippen molar-refractivity contribution in [2.45, 2.75) is 39.8 Å². The Morgan fingerprint density at radius 3 is 2.14 bits per heavy atom. The minimum absolute atomic E-state index is 0.0923. The van der Waals surface area contributed by atoms with Gasteiger partial charge < -0.3 is 15.0 Å². The number of benzene rings is 2. The maximum atomic E-state index is 13.1. The van der Waals surface area contributed by atoms with Crippen LogP contribution in [0.2, 0.25) is 0 Å². The van der Waals surface area contributed by atoms with Crippen LogP contribution in [0.25, 0.3) is 0 Å². The van der Waals surface area contributed by atoms with Crippen molar-refractivity contribution >= 4 is 27.7 Å². The Labute approximate surface area is 181 Å². The van der Waals surface area contributed by atoms with Crippen LogP contribution in [0.5, 0.6) is 5.75 Å². The van der Waals surface area contributed by atoms with Crippen LogP contribution in [-0.2, 0) is 22.6 Å². The predicted molar refractivity (Wildman–Crippen MR) is 119 cm³/mol. The van der Waals surface area contributed by atoms with Gasteiger partial charge in [0.05, 0.1) is 13.5 Å². The molecule has 0 fully saturated rings. The number of methoxy groups -OCH3 is 1. The van der Waals surface area contributed by atoms with Gasteiger partial charge in [-0.1, -0.05) is 54.0 Å². The Morgan fingerprint density at radius 1 is 1.00 bits per heavy atom. The van der Waals surface area contributed by atoms with Gasteiger partial charge in [-0.2, -0.15) is 0 Å². The first kappa shape index (κ1) is 22.9. The molecule has 0 aliphatic rings. The van der Waals surface area contributed by atoms with Crippen LogP contribution in [0, 0.1) is 5.92 Å². The standard InChI is InChI=1S/C23H29BrN2O3/c1-16(2)14-25-23(28)17(3)26(15-19-5-9-20(24)10-6-19)22(27)13-18-7-11-21(29-4)12-8-18/h5-12,16-17H,13-15H2,1-4H3,(H,25,28). The highest BCUT2D eigenvalue weighted by atomic mass is 79.9. The van der Waals surface area contributed by atoms with E-state index >= 15 is 0 Å². The number of hydrogen-bond acceptors (Lipinski definition) is 3. The summed E-state index contributed by atoms with van der Waals surface area (Å²) < 4.78 is 6.15. The highest BCUT2D eigenvalue weighted by molar-refractivity contribution is 9.10. The molecule has 1 atom stereocenters. The summed E-state index contributed by atoms with van der Waals surface area (Å²) in [5.74, 6) is 0.861.